The number of nitrogens with zero attached hydrogens (tertiary/aromatic N) is 1. The molecule has 3 heteroatoms. The Labute approximate surface area is 126 Å². The summed E-state index contributed by atoms with van der Waals surface area (Å²) in [7, 11) is 0. The van der Waals surface area contributed by atoms with E-state index >= 15 is 0 Å². The van der Waals surface area contributed by atoms with Crippen LogP contribution in [0.1, 0.15) is 53.7 Å². The molecule has 3 rings (SSSR count). The lowest BCUT2D eigenvalue weighted by molar-refractivity contribution is 0.0697. The van der Waals surface area contributed by atoms with Crippen molar-refractivity contribution in [3.05, 3.63) is 41.0 Å². The molecule has 0 aromatic heterocycles. The first-order chi connectivity index (χ1) is 10.0. The fourth-order valence-corrected chi connectivity index (χ4v) is 3.27. The van der Waals surface area contributed by atoms with Gasteiger partial charge < -0.3 is 9.64 Å². The molecular formula is C18H23NO2. The number of fused-ring (bicyclic) bond motifs is 1. The van der Waals surface area contributed by atoms with Gasteiger partial charge in [0.05, 0.1) is 6.61 Å². The van der Waals surface area contributed by atoms with Crippen LogP contribution in [0.3, 0.4) is 0 Å². The van der Waals surface area contributed by atoms with Gasteiger partial charge in [-0.2, -0.15) is 0 Å². The summed E-state index contributed by atoms with van der Waals surface area (Å²) in [4.78, 5) is 14.7. The maximum absolute atomic E-state index is 12.7. The predicted octanol–water partition coefficient (Wildman–Crippen LogP) is 3.76. The Hall–Kier alpha value is -1.77. The second-order valence-corrected chi connectivity index (χ2v) is 6.19. The molecule has 1 aliphatic heterocycles. The Kier molecular flexibility index (Phi) is 3.52. The molecule has 1 fully saturated rings. The van der Waals surface area contributed by atoms with E-state index in [2.05, 4.69) is 19.6 Å². The average molecular weight is 285 g/mol. The van der Waals surface area contributed by atoms with Crippen molar-refractivity contribution in [3.8, 4) is 0 Å². The Balaban J connectivity index is 1.91. The predicted molar refractivity (Wildman–Crippen MR) is 83.9 cm³/mol. The molecule has 0 unspecified atom stereocenters. The van der Waals surface area contributed by atoms with E-state index in [1.165, 1.54) is 12.8 Å². The molecule has 1 aromatic rings. The quantitative estimate of drug-likeness (QED) is 0.771. The number of benzene rings is 1. The number of hydrogen-bond acceptors (Lipinski definition) is 2. The van der Waals surface area contributed by atoms with Crippen molar-refractivity contribution in [3.63, 3.8) is 0 Å². The monoisotopic (exact) mass is 285 g/mol. The van der Waals surface area contributed by atoms with Crippen molar-refractivity contribution >= 4 is 11.7 Å². The smallest absolute Gasteiger partial charge is 0.255 e. The van der Waals surface area contributed by atoms with Crippen LogP contribution in [0.2, 0.25) is 0 Å². The molecule has 0 radical (unpaired) electrons. The first-order valence-electron chi connectivity index (χ1n) is 7.79. The number of aryl methyl sites for hydroxylation is 1. The maximum atomic E-state index is 12.7. The highest BCUT2D eigenvalue weighted by molar-refractivity contribution is 6.00. The lowest BCUT2D eigenvalue weighted by Gasteiger charge is -2.24. The summed E-state index contributed by atoms with van der Waals surface area (Å²) in [6.07, 6.45) is 2.51. The van der Waals surface area contributed by atoms with Crippen molar-refractivity contribution in [1.82, 2.24) is 4.90 Å². The molecule has 0 saturated heterocycles. The van der Waals surface area contributed by atoms with Gasteiger partial charge >= 0.3 is 0 Å². The highest BCUT2D eigenvalue weighted by Gasteiger charge is 2.39. The topological polar surface area (TPSA) is 29.5 Å². The fraction of sp³-hybridized carbons (Fsp3) is 0.500. The number of ether oxygens (including phenoxy) is 1. The normalized spacial score (nSPS) is 18.6. The summed E-state index contributed by atoms with van der Waals surface area (Å²) in [5.41, 5.74) is 4.01. The summed E-state index contributed by atoms with van der Waals surface area (Å²) < 4.78 is 5.50. The molecular weight excluding hydrogens is 262 g/mol. The fourth-order valence-electron chi connectivity index (χ4n) is 3.27. The van der Waals surface area contributed by atoms with Gasteiger partial charge in [0.25, 0.3) is 5.91 Å². The third kappa shape index (κ3) is 2.45. The Morgan fingerprint density at radius 2 is 2.19 bits per heavy atom. The van der Waals surface area contributed by atoms with E-state index in [1.807, 2.05) is 24.8 Å². The van der Waals surface area contributed by atoms with E-state index in [4.69, 9.17) is 4.74 Å². The number of rotatable bonds is 5. The first kappa shape index (κ1) is 14.2. The Morgan fingerprint density at radius 1 is 1.48 bits per heavy atom. The Morgan fingerprint density at radius 3 is 2.81 bits per heavy atom. The summed E-state index contributed by atoms with van der Waals surface area (Å²) in [5, 5.41) is 0. The van der Waals surface area contributed by atoms with Crippen LogP contribution in [0.4, 0.5) is 0 Å². The minimum absolute atomic E-state index is 0.190. The van der Waals surface area contributed by atoms with Gasteiger partial charge in [0, 0.05) is 23.7 Å². The van der Waals surface area contributed by atoms with E-state index in [-0.39, 0.29) is 5.91 Å². The zero-order chi connectivity index (χ0) is 15.1. The van der Waals surface area contributed by atoms with Crippen LogP contribution in [0.15, 0.2) is 18.7 Å². The largest absolute Gasteiger partial charge is 0.494 e. The van der Waals surface area contributed by atoms with E-state index in [0.717, 1.165) is 28.8 Å². The number of carbonyl (C=O) groups excluding carboxylic acids is 1. The molecule has 0 N–H and O–H groups in total. The van der Waals surface area contributed by atoms with Gasteiger partial charge in [-0.05, 0) is 62.8 Å². The maximum Gasteiger partial charge on any atom is 0.255 e. The molecule has 1 aliphatic carbocycles. The molecule has 0 bridgehead atoms. The summed E-state index contributed by atoms with van der Waals surface area (Å²) in [6, 6.07) is 4.43. The second-order valence-electron chi connectivity index (χ2n) is 6.19. The minimum Gasteiger partial charge on any atom is -0.494 e. The molecule has 1 aromatic carbocycles. The molecule has 1 atom stereocenters. The van der Waals surface area contributed by atoms with Crippen LogP contribution in [-0.2, 0) is 11.3 Å². The second kappa shape index (κ2) is 5.21. The third-order valence-corrected chi connectivity index (χ3v) is 4.67. The summed E-state index contributed by atoms with van der Waals surface area (Å²) >= 11 is 0. The molecule has 112 valence electrons. The summed E-state index contributed by atoms with van der Waals surface area (Å²) in [6.45, 7) is 11.4. The van der Waals surface area contributed by atoms with E-state index in [0.29, 0.717) is 24.3 Å². The van der Waals surface area contributed by atoms with Gasteiger partial charge in [-0.1, -0.05) is 6.58 Å². The number of hydrogen-bond donors (Lipinski definition) is 0. The van der Waals surface area contributed by atoms with E-state index in [9.17, 15) is 4.79 Å². The van der Waals surface area contributed by atoms with Gasteiger partial charge in [-0.3, -0.25) is 4.79 Å². The van der Waals surface area contributed by atoms with E-state index < -0.39 is 0 Å². The molecule has 0 spiro atoms. The van der Waals surface area contributed by atoms with Crippen molar-refractivity contribution < 1.29 is 9.53 Å². The zero-order valence-corrected chi connectivity index (χ0v) is 13.1. The van der Waals surface area contributed by atoms with Crippen LogP contribution < -0.4 is 0 Å². The standard InChI is InChI=1S/C18H23NO2/c1-5-21-13(4)15-8-11(2)17-16(9-15)10-19(18(17)20)12(3)14-6-7-14/h8-9,12,14H,4-7,10H2,1-3H3/t12-/m0/s1. The number of amides is 1. The zero-order valence-electron chi connectivity index (χ0n) is 13.1. The van der Waals surface area contributed by atoms with Crippen molar-refractivity contribution in [2.45, 2.75) is 46.2 Å². The first-order valence-corrected chi connectivity index (χ1v) is 7.79. The van der Waals surface area contributed by atoms with Gasteiger partial charge in [-0.15, -0.1) is 0 Å². The van der Waals surface area contributed by atoms with Gasteiger partial charge in [0.2, 0.25) is 0 Å². The molecule has 1 heterocycles. The van der Waals surface area contributed by atoms with Crippen molar-refractivity contribution in [2.24, 2.45) is 5.92 Å². The average Bonchev–Trinajstić information content (AvgIpc) is 3.23. The SMILES string of the molecule is C=C(OCC)c1cc(C)c2c(c1)CN([C@@H](C)C1CC1)C2=O. The lowest BCUT2D eigenvalue weighted by atomic mass is 9.99. The third-order valence-electron chi connectivity index (χ3n) is 4.67. The molecule has 21 heavy (non-hydrogen) atoms. The molecule has 1 amide bonds. The summed E-state index contributed by atoms with van der Waals surface area (Å²) in [5.74, 6) is 1.57. The van der Waals surface area contributed by atoms with Crippen LogP contribution in [0.25, 0.3) is 5.76 Å². The van der Waals surface area contributed by atoms with Gasteiger partial charge in [0.1, 0.15) is 5.76 Å². The molecule has 3 nitrogen and oxygen atoms in total. The molecule has 1 saturated carbocycles. The van der Waals surface area contributed by atoms with Crippen molar-refractivity contribution in [1.29, 1.82) is 0 Å². The van der Waals surface area contributed by atoms with E-state index in [1.54, 1.807) is 0 Å². The van der Waals surface area contributed by atoms with Crippen LogP contribution in [-0.4, -0.2) is 23.5 Å². The van der Waals surface area contributed by atoms with Crippen LogP contribution in [0, 0.1) is 12.8 Å². The van der Waals surface area contributed by atoms with Crippen molar-refractivity contribution in [2.75, 3.05) is 6.61 Å². The highest BCUT2D eigenvalue weighted by Crippen LogP contribution is 2.39. The lowest BCUT2D eigenvalue weighted by Crippen LogP contribution is -2.34. The van der Waals surface area contributed by atoms with Crippen LogP contribution >= 0.6 is 0 Å². The van der Waals surface area contributed by atoms with Gasteiger partial charge in [-0.25, -0.2) is 0 Å². The minimum atomic E-state index is 0.190. The van der Waals surface area contributed by atoms with Gasteiger partial charge in [0.15, 0.2) is 0 Å². The molecule has 2 aliphatic rings. The highest BCUT2D eigenvalue weighted by atomic mass is 16.5. The Bertz CT molecular complexity index is 601. The van der Waals surface area contributed by atoms with Crippen LogP contribution in [0.5, 0.6) is 0 Å². The number of carbonyl (C=O) groups is 1.